The number of anilines is 2. The van der Waals surface area contributed by atoms with Crippen LogP contribution in [0.3, 0.4) is 0 Å². The number of hydrogen-bond acceptors (Lipinski definition) is 4. The molecule has 1 saturated heterocycles. The summed E-state index contributed by atoms with van der Waals surface area (Å²) in [5.41, 5.74) is 3.83. The Morgan fingerprint density at radius 2 is 1.88 bits per heavy atom. The van der Waals surface area contributed by atoms with Crippen molar-refractivity contribution in [3.63, 3.8) is 0 Å². The van der Waals surface area contributed by atoms with Crippen molar-refractivity contribution in [2.24, 2.45) is 0 Å². The summed E-state index contributed by atoms with van der Waals surface area (Å²) in [7, 11) is 0. The number of nitriles is 1. The Morgan fingerprint density at radius 3 is 2.50 bits per heavy atom. The average molecular weight is 342 g/mol. The predicted octanol–water partition coefficient (Wildman–Crippen LogP) is 4.22. The zero-order valence-electron chi connectivity index (χ0n) is 13.6. The normalized spacial score (nSPS) is 15.6. The Morgan fingerprint density at radius 1 is 1.17 bits per heavy atom. The molecular formula is C19H20ClN3O. The van der Waals surface area contributed by atoms with Gasteiger partial charge in [-0.15, -0.1) is 0 Å². The van der Waals surface area contributed by atoms with Crippen LogP contribution in [0.25, 0.3) is 0 Å². The minimum Gasteiger partial charge on any atom is -0.378 e. The third kappa shape index (κ3) is 3.81. The van der Waals surface area contributed by atoms with Crippen molar-refractivity contribution < 1.29 is 4.74 Å². The summed E-state index contributed by atoms with van der Waals surface area (Å²) in [5, 5.41) is 12.8. The highest BCUT2D eigenvalue weighted by Crippen LogP contribution is 2.25. The van der Waals surface area contributed by atoms with Crippen LogP contribution < -0.4 is 10.2 Å². The zero-order chi connectivity index (χ0) is 16.9. The molecule has 1 aliphatic rings. The Hall–Kier alpha value is -2.22. The summed E-state index contributed by atoms with van der Waals surface area (Å²) in [6.07, 6.45) is 0. The third-order valence-corrected chi connectivity index (χ3v) is 4.55. The van der Waals surface area contributed by atoms with E-state index in [-0.39, 0.29) is 6.04 Å². The Bertz CT molecular complexity index is 733. The van der Waals surface area contributed by atoms with Crippen molar-refractivity contribution in [3.8, 4) is 6.07 Å². The second-order valence-corrected chi connectivity index (χ2v) is 6.27. The lowest BCUT2D eigenvalue weighted by Crippen LogP contribution is -2.36. The van der Waals surface area contributed by atoms with E-state index in [9.17, 15) is 0 Å². The van der Waals surface area contributed by atoms with Crippen molar-refractivity contribution in [2.45, 2.75) is 13.0 Å². The minimum absolute atomic E-state index is 0.146. The van der Waals surface area contributed by atoms with Crippen LogP contribution >= 0.6 is 11.6 Å². The first kappa shape index (κ1) is 16.6. The fourth-order valence-corrected chi connectivity index (χ4v) is 3.05. The summed E-state index contributed by atoms with van der Waals surface area (Å²) in [6.45, 7) is 5.57. The van der Waals surface area contributed by atoms with E-state index in [1.807, 2.05) is 6.07 Å². The van der Waals surface area contributed by atoms with Crippen molar-refractivity contribution >= 4 is 23.0 Å². The van der Waals surface area contributed by atoms with E-state index in [2.05, 4.69) is 47.5 Å². The van der Waals surface area contributed by atoms with Crippen molar-refractivity contribution in [1.82, 2.24) is 0 Å². The van der Waals surface area contributed by atoms with E-state index in [0.717, 1.165) is 32.0 Å². The van der Waals surface area contributed by atoms with E-state index in [1.165, 1.54) is 11.3 Å². The molecule has 0 bridgehead atoms. The molecule has 4 nitrogen and oxygen atoms in total. The van der Waals surface area contributed by atoms with Gasteiger partial charge in [-0.25, -0.2) is 0 Å². The van der Waals surface area contributed by atoms with Gasteiger partial charge in [0.05, 0.1) is 23.8 Å². The molecular weight excluding hydrogens is 322 g/mol. The lowest BCUT2D eigenvalue weighted by atomic mass is 10.1. The van der Waals surface area contributed by atoms with Crippen molar-refractivity contribution in [1.29, 1.82) is 5.26 Å². The first-order chi connectivity index (χ1) is 11.7. The molecule has 5 heteroatoms. The van der Waals surface area contributed by atoms with Gasteiger partial charge < -0.3 is 15.0 Å². The van der Waals surface area contributed by atoms with Crippen LogP contribution in [-0.4, -0.2) is 26.3 Å². The van der Waals surface area contributed by atoms with Gasteiger partial charge in [0.2, 0.25) is 0 Å². The topological polar surface area (TPSA) is 48.3 Å². The molecule has 1 atom stereocenters. The molecule has 0 spiro atoms. The molecule has 1 aliphatic heterocycles. The minimum atomic E-state index is 0.146. The maximum atomic E-state index is 8.94. The van der Waals surface area contributed by atoms with E-state index in [0.29, 0.717) is 10.6 Å². The fourth-order valence-electron chi connectivity index (χ4n) is 2.82. The largest absolute Gasteiger partial charge is 0.378 e. The van der Waals surface area contributed by atoms with Gasteiger partial charge in [0.25, 0.3) is 0 Å². The van der Waals surface area contributed by atoms with Gasteiger partial charge in [-0.05, 0) is 42.8 Å². The predicted molar refractivity (Wildman–Crippen MR) is 97.7 cm³/mol. The van der Waals surface area contributed by atoms with Crippen LogP contribution in [0.5, 0.6) is 0 Å². The van der Waals surface area contributed by atoms with Gasteiger partial charge in [0.15, 0.2) is 0 Å². The molecule has 1 N–H and O–H groups in total. The molecule has 1 fully saturated rings. The zero-order valence-corrected chi connectivity index (χ0v) is 14.4. The average Bonchev–Trinajstić information content (AvgIpc) is 2.63. The van der Waals surface area contributed by atoms with Crippen LogP contribution in [0.15, 0.2) is 42.5 Å². The second kappa shape index (κ2) is 7.57. The highest BCUT2D eigenvalue weighted by atomic mass is 35.5. The highest BCUT2D eigenvalue weighted by molar-refractivity contribution is 6.32. The van der Waals surface area contributed by atoms with Gasteiger partial charge in [-0.2, -0.15) is 5.26 Å². The molecule has 1 heterocycles. The molecule has 0 amide bonds. The summed E-state index contributed by atoms with van der Waals surface area (Å²) in [4.78, 5) is 2.34. The molecule has 24 heavy (non-hydrogen) atoms. The molecule has 124 valence electrons. The van der Waals surface area contributed by atoms with Crippen LogP contribution in [0.4, 0.5) is 11.4 Å². The molecule has 0 aliphatic carbocycles. The number of ether oxygens (including phenoxy) is 1. The Kier molecular flexibility index (Phi) is 5.24. The van der Waals surface area contributed by atoms with Gasteiger partial charge >= 0.3 is 0 Å². The maximum Gasteiger partial charge on any atom is 0.101 e. The lowest BCUT2D eigenvalue weighted by Gasteiger charge is -2.29. The van der Waals surface area contributed by atoms with E-state index in [1.54, 1.807) is 12.1 Å². The molecule has 0 radical (unpaired) electrons. The van der Waals surface area contributed by atoms with Crippen molar-refractivity contribution in [2.75, 3.05) is 36.5 Å². The standard InChI is InChI=1S/C19H20ClN3O/c1-14(22-17-5-2-16(13-21)19(20)12-17)15-3-6-18(7-4-15)23-8-10-24-11-9-23/h2-7,12,14,22H,8-11H2,1H3. The quantitative estimate of drug-likeness (QED) is 0.904. The number of benzene rings is 2. The molecule has 2 aromatic rings. The monoisotopic (exact) mass is 341 g/mol. The summed E-state index contributed by atoms with van der Waals surface area (Å²) >= 11 is 6.09. The Labute approximate surface area is 147 Å². The number of hydrogen-bond donors (Lipinski definition) is 1. The van der Waals surface area contributed by atoms with Gasteiger partial charge in [0.1, 0.15) is 6.07 Å². The smallest absolute Gasteiger partial charge is 0.101 e. The third-order valence-electron chi connectivity index (χ3n) is 4.24. The van der Waals surface area contributed by atoms with Crippen LogP contribution in [0.2, 0.25) is 5.02 Å². The lowest BCUT2D eigenvalue weighted by molar-refractivity contribution is 0.122. The van der Waals surface area contributed by atoms with Gasteiger partial charge in [-0.1, -0.05) is 23.7 Å². The SMILES string of the molecule is CC(Nc1ccc(C#N)c(Cl)c1)c1ccc(N2CCOCC2)cc1. The number of halogens is 1. The van der Waals surface area contributed by atoms with Crippen LogP contribution in [-0.2, 0) is 4.74 Å². The van der Waals surface area contributed by atoms with E-state index in [4.69, 9.17) is 21.6 Å². The summed E-state index contributed by atoms with van der Waals surface area (Å²) in [5.74, 6) is 0. The first-order valence-corrected chi connectivity index (χ1v) is 8.44. The number of morpholine rings is 1. The number of nitrogens with one attached hydrogen (secondary N) is 1. The van der Waals surface area contributed by atoms with Crippen LogP contribution in [0, 0.1) is 11.3 Å². The molecule has 3 rings (SSSR count). The second-order valence-electron chi connectivity index (χ2n) is 5.86. The van der Waals surface area contributed by atoms with Crippen molar-refractivity contribution in [3.05, 3.63) is 58.6 Å². The van der Waals surface area contributed by atoms with Gasteiger partial charge in [-0.3, -0.25) is 0 Å². The highest BCUT2D eigenvalue weighted by Gasteiger charge is 2.12. The molecule has 0 aromatic heterocycles. The summed E-state index contributed by atoms with van der Waals surface area (Å²) < 4.78 is 5.39. The Balaban J connectivity index is 1.67. The van der Waals surface area contributed by atoms with Gasteiger partial charge in [0, 0.05) is 30.5 Å². The molecule has 1 unspecified atom stereocenters. The van der Waals surface area contributed by atoms with E-state index >= 15 is 0 Å². The van der Waals surface area contributed by atoms with E-state index < -0.39 is 0 Å². The number of rotatable bonds is 4. The maximum absolute atomic E-state index is 8.94. The first-order valence-electron chi connectivity index (χ1n) is 8.06. The van der Waals surface area contributed by atoms with Crippen LogP contribution in [0.1, 0.15) is 24.1 Å². The summed E-state index contributed by atoms with van der Waals surface area (Å²) in [6, 6.07) is 16.2. The molecule has 2 aromatic carbocycles. The fraction of sp³-hybridized carbons (Fsp3) is 0.316. The molecule has 0 saturated carbocycles. The number of nitrogens with zero attached hydrogens (tertiary/aromatic N) is 2.